The highest BCUT2D eigenvalue weighted by Gasteiger charge is 2.53. The van der Waals surface area contributed by atoms with E-state index in [0.717, 1.165) is 0 Å². The predicted octanol–water partition coefficient (Wildman–Crippen LogP) is 5.66. The fraction of sp³-hybridized carbons (Fsp3) is 0.333. The van der Waals surface area contributed by atoms with Crippen LogP contribution in [0, 0.1) is 11.8 Å². The van der Waals surface area contributed by atoms with Crippen LogP contribution in [-0.4, -0.2) is 22.7 Å². The highest BCUT2D eigenvalue weighted by molar-refractivity contribution is 5.29. The minimum absolute atomic E-state index is 0.0880. The standard InChI is InChI=1S/C27H31NO/c1-20-25(23-15-9-5-10-16-23)28(3)26(24-17-11-6-12-18-24)21(2)27(20,29)19-22-13-7-4-8-14-22/h4-18,20-21,25-26,29H,19H2,1-3H3/t20-,21+,25-,26-,27?/m1/s1. The van der Waals surface area contributed by atoms with E-state index in [2.05, 4.69) is 111 Å². The molecule has 1 heterocycles. The average Bonchev–Trinajstić information content (AvgIpc) is 2.75. The van der Waals surface area contributed by atoms with Crippen LogP contribution in [0.25, 0.3) is 0 Å². The summed E-state index contributed by atoms with van der Waals surface area (Å²) in [4.78, 5) is 2.47. The molecule has 29 heavy (non-hydrogen) atoms. The van der Waals surface area contributed by atoms with E-state index in [1.807, 2.05) is 6.07 Å². The van der Waals surface area contributed by atoms with Crippen molar-refractivity contribution in [2.75, 3.05) is 7.05 Å². The summed E-state index contributed by atoms with van der Waals surface area (Å²) in [6, 6.07) is 32.0. The molecule has 0 spiro atoms. The van der Waals surface area contributed by atoms with Crippen LogP contribution in [-0.2, 0) is 6.42 Å². The van der Waals surface area contributed by atoms with Crippen LogP contribution in [0.15, 0.2) is 91.0 Å². The van der Waals surface area contributed by atoms with E-state index in [1.165, 1.54) is 16.7 Å². The van der Waals surface area contributed by atoms with Gasteiger partial charge in [0.05, 0.1) is 5.60 Å². The van der Waals surface area contributed by atoms with E-state index >= 15 is 0 Å². The zero-order valence-electron chi connectivity index (χ0n) is 17.6. The maximum absolute atomic E-state index is 12.2. The second-order valence-electron chi connectivity index (χ2n) is 8.61. The van der Waals surface area contributed by atoms with Gasteiger partial charge in [0.2, 0.25) is 0 Å². The minimum atomic E-state index is -0.811. The third kappa shape index (κ3) is 3.63. The fourth-order valence-corrected chi connectivity index (χ4v) is 5.43. The molecule has 0 aliphatic carbocycles. The molecule has 1 aliphatic heterocycles. The van der Waals surface area contributed by atoms with Crippen LogP contribution < -0.4 is 0 Å². The van der Waals surface area contributed by atoms with Crippen LogP contribution >= 0.6 is 0 Å². The van der Waals surface area contributed by atoms with Gasteiger partial charge in [-0.2, -0.15) is 0 Å². The largest absolute Gasteiger partial charge is 0.389 e. The Morgan fingerprint density at radius 2 is 1.07 bits per heavy atom. The number of hydrogen-bond donors (Lipinski definition) is 1. The van der Waals surface area contributed by atoms with Gasteiger partial charge in [0, 0.05) is 30.3 Å². The number of aliphatic hydroxyl groups is 1. The summed E-state index contributed by atoms with van der Waals surface area (Å²) in [5.41, 5.74) is 2.91. The number of hydrogen-bond acceptors (Lipinski definition) is 2. The number of benzene rings is 3. The molecular formula is C27H31NO. The number of piperidine rings is 1. The molecule has 1 fully saturated rings. The Morgan fingerprint density at radius 1 is 0.690 bits per heavy atom. The quantitative estimate of drug-likeness (QED) is 0.626. The zero-order chi connectivity index (χ0) is 20.4. The van der Waals surface area contributed by atoms with Crippen molar-refractivity contribution in [3.8, 4) is 0 Å². The highest BCUT2D eigenvalue weighted by atomic mass is 16.3. The van der Waals surface area contributed by atoms with Crippen molar-refractivity contribution in [2.24, 2.45) is 11.8 Å². The molecule has 0 amide bonds. The molecule has 0 saturated carbocycles. The highest BCUT2D eigenvalue weighted by Crippen LogP contribution is 2.52. The lowest BCUT2D eigenvalue weighted by Crippen LogP contribution is -2.59. The smallest absolute Gasteiger partial charge is 0.0775 e. The Hall–Kier alpha value is -2.42. The molecule has 150 valence electrons. The Kier molecular flexibility index (Phi) is 5.58. The first kappa shape index (κ1) is 19.9. The van der Waals surface area contributed by atoms with Gasteiger partial charge in [-0.25, -0.2) is 0 Å². The number of rotatable bonds is 4. The molecule has 0 radical (unpaired) electrons. The summed E-state index contributed by atoms with van der Waals surface area (Å²) in [7, 11) is 2.21. The maximum Gasteiger partial charge on any atom is 0.0775 e. The molecule has 3 aromatic rings. The second kappa shape index (κ2) is 8.14. The maximum atomic E-state index is 12.2. The Bertz CT molecular complexity index is 856. The van der Waals surface area contributed by atoms with E-state index in [0.29, 0.717) is 6.42 Å². The molecule has 0 aromatic heterocycles. The third-order valence-corrected chi connectivity index (χ3v) is 7.01. The van der Waals surface area contributed by atoms with Crippen molar-refractivity contribution >= 4 is 0 Å². The van der Waals surface area contributed by atoms with Crippen molar-refractivity contribution in [3.05, 3.63) is 108 Å². The molecule has 1 saturated heterocycles. The Labute approximate surface area is 174 Å². The summed E-state index contributed by atoms with van der Waals surface area (Å²) in [6.07, 6.45) is 0.663. The SMILES string of the molecule is C[C@@H]1[C@H](c2ccccc2)N(C)[C@@H](c2ccccc2)[C@H](C)C1(O)Cc1ccccc1. The molecule has 2 heteroatoms. The first-order valence-electron chi connectivity index (χ1n) is 10.6. The zero-order valence-corrected chi connectivity index (χ0v) is 17.6. The molecule has 1 aliphatic rings. The molecule has 4 rings (SSSR count). The van der Waals surface area contributed by atoms with Crippen molar-refractivity contribution in [3.63, 3.8) is 0 Å². The predicted molar refractivity (Wildman–Crippen MR) is 120 cm³/mol. The Morgan fingerprint density at radius 3 is 1.48 bits per heavy atom. The summed E-state index contributed by atoms with van der Waals surface area (Å²) in [5.74, 6) is 0.176. The van der Waals surface area contributed by atoms with Crippen molar-refractivity contribution < 1.29 is 5.11 Å². The van der Waals surface area contributed by atoms with Crippen molar-refractivity contribution in [2.45, 2.75) is 38.0 Å². The first-order valence-corrected chi connectivity index (χ1v) is 10.6. The molecule has 3 aromatic carbocycles. The van der Waals surface area contributed by atoms with E-state index in [9.17, 15) is 5.11 Å². The van der Waals surface area contributed by atoms with Gasteiger partial charge in [0.25, 0.3) is 0 Å². The molecule has 1 N–H and O–H groups in total. The van der Waals surface area contributed by atoms with E-state index < -0.39 is 5.60 Å². The summed E-state index contributed by atoms with van der Waals surface area (Å²) in [5, 5.41) is 12.2. The molecule has 5 atom stereocenters. The van der Waals surface area contributed by atoms with Crippen molar-refractivity contribution in [1.29, 1.82) is 0 Å². The van der Waals surface area contributed by atoms with Gasteiger partial charge in [-0.1, -0.05) is 105 Å². The van der Waals surface area contributed by atoms with Crippen LogP contribution in [0.4, 0.5) is 0 Å². The van der Waals surface area contributed by atoms with Gasteiger partial charge in [0.1, 0.15) is 0 Å². The van der Waals surface area contributed by atoms with Crippen LogP contribution in [0.5, 0.6) is 0 Å². The van der Waals surface area contributed by atoms with Crippen molar-refractivity contribution in [1.82, 2.24) is 4.90 Å². The Balaban J connectivity index is 1.81. The van der Waals surface area contributed by atoms with E-state index in [4.69, 9.17) is 0 Å². The van der Waals surface area contributed by atoms with Crippen LogP contribution in [0.1, 0.15) is 42.6 Å². The van der Waals surface area contributed by atoms with Gasteiger partial charge in [-0.05, 0) is 23.7 Å². The van der Waals surface area contributed by atoms with Crippen LogP contribution in [0.3, 0.4) is 0 Å². The molecule has 2 nitrogen and oxygen atoms in total. The van der Waals surface area contributed by atoms with E-state index in [-0.39, 0.29) is 23.9 Å². The molecular weight excluding hydrogens is 354 g/mol. The second-order valence-corrected chi connectivity index (χ2v) is 8.61. The topological polar surface area (TPSA) is 23.5 Å². The van der Waals surface area contributed by atoms with E-state index in [1.54, 1.807) is 0 Å². The monoisotopic (exact) mass is 385 g/mol. The summed E-state index contributed by atoms with van der Waals surface area (Å²) in [6.45, 7) is 4.43. The lowest BCUT2D eigenvalue weighted by molar-refractivity contribution is -0.154. The summed E-state index contributed by atoms with van der Waals surface area (Å²) < 4.78 is 0. The normalized spacial score (nSPS) is 30.2. The molecule has 0 bridgehead atoms. The van der Waals surface area contributed by atoms with Crippen LogP contribution in [0.2, 0.25) is 0 Å². The fourth-order valence-electron chi connectivity index (χ4n) is 5.43. The van der Waals surface area contributed by atoms with Gasteiger partial charge < -0.3 is 5.11 Å². The number of nitrogens with zero attached hydrogens (tertiary/aromatic N) is 1. The van der Waals surface area contributed by atoms with Gasteiger partial charge >= 0.3 is 0 Å². The van der Waals surface area contributed by atoms with Gasteiger partial charge in [-0.3, -0.25) is 4.90 Å². The van der Waals surface area contributed by atoms with Gasteiger partial charge in [-0.15, -0.1) is 0 Å². The molecule has 1 unspecified atom stereocenters. The average molecular weight is 386 g/mol. The summed E-state index contributed by atoms with van der Waals surface area (Å²) >= 11 is 0. The lowest BCUT2D eigenvalue weighted by Gasteiger charge is -2.56. The lowest BCUT2D eigenvalue weighted by atomic mass is 9.63. The van der Waals surface area contributed by atoms with Gasteiger partial charge in [0.15, 0.2) is 0 Å². The minimum Gasteiger partial charge on any atom is -0.389 e. The first-order chi connectivity index (χ1) is 14.0. The third-order valence-electron chi connectivity index (χ3n) is 7.01. The number of likely N-dealkylation sites (tertiary alicyclic amines) is 1.